The summed E-state index contributed by atoms with van der Waals surface area (Å²) in [4.78, 5) is 25.8. The van der Waals surface area contributed by atoms with Gasteiger partial charge in [0.15, 0.2) is 11.7 Å². The van der Waals surface area contributed by atoms with E-state index in [4.69, 9.17) is 5.26 Å². The highest BCUT2D eigenvalue weighted by atomic mass is 19.1. The van der Waals surface area contributed by atoms with Gasteiger partial charge in [0.05, 0.1) is 6.07 Å². The van der Waals surface area contributed by atoms with Crippen molar-refractivity contribution in [3.05, 3.63) is 41.7 Å². The normalized spacial score (nSPS) is 12.4. The molecule has 0 N–H and O–H groups in total. The van der Waals surface area contributed by atoms with E-state index in [0.717, 1.165) is 0 Å². The Hall–Kier alpha value is -2.48. The van der Waals surface area contributed by atoms with Crippen molar-refractivity contribution in [1.29, 1.82) is 5.26 Å². The molecule has 0 aromatic heterocycles. The lowest BCUT2D eigenvalue weighted by Crippen LogP contribution is -2.38. The van der Waals surface area contributed by atoms with E-state index >= 15 is 0 Å². The Bertz CT molecular complexity index is 611. The van der Waals surface area contributed by atoms with Gasteiger partial charge < -0.3 is 4.90 Å². The molecule has 1 rings (SSSR count). The fraction of sp³-hybridized carbons (Fsp3) is 0.353. The molecule has 0 heterocycles. The van der Waals surface area contributed by atoms with Gasteiger partial charge in [-0.25, -0.2) is 4.39 Å². The van der Waals surface area contributed by atoms with Crippen LogP contribution < -0.4 is 0 Å². The summed E-state index contributed by atoms with van der Waals surface area (Å²) in [6.45, 7) is 6.16. The second-order valence-corrected chi connectivity index (χ2v) is 4.81. The molecule has 0 spiro atoms. The number of hydrogen-bond acceptors (Lipinski definition) is 3. The summed E-state index contributed by atoms with van der Waals surface area (Å²) < 4.78 is 12.9. The number of nitriles is 1. The first-order valence-corrected chi connectivity index (χ1v) is 7.11. The average Bonchev–Trinajstić information content (AvgIpc) is 2.49. The lowest BCUT2D eigenvalue weighted by Gasteiger charge is -2.20. The van der Waals surface area contributed by atoms with Gasteiger partial charge in [0.2, 0.25) is 5.91 Å². The topological polar surface area (TPSA) is 61.2 Å². The van der Waals surface area contributed by atoms with E-state index in [1.807, 2.05) is 0 Å². The first-order valence-electron chi connectivity index (χ1n) is 7.11. The summed E-state index contributed by atoms with van der Waals surface area (Å²) >= 11 is 0. The third-order valence-corrected chi connectivity index (χ3v) is 3.39. The lowest BCUT2D eigenvalue weighted by atomic mass is 9.99. The number of hydrogen-bond donors (Lipinski definition) is 0. The Morgan fingerprint density at radius 2 is 1.82 bits per heavy atom. The van der Waals surface area contributed by atoms with Crippen molar-refractivity contribution in [2.24, 2.45) is 5.92 Å². The number of ketones is 1. The highest BCUT2D eigenvalue weighted by molar-refractivity contribution is 6.11. The number of amides is 1. The second kappa shape index (κ2) is 8.08. The molecule has 1 atom stereocenters. The Morgan fingerprint density at radius 3 is 2.27 bits per heavy atom. The number of carbonyl (C=O) groups excluding carboxylic acids is 2. The van der Waals surface area contributed by atoms with Gasteiger partial charge in [-0.15, -0.1) is 0 Å². The zero-order chi connectivity index (χ0) is 16.7. The van der Waals surface area contributed by atoms with E-state index in [1.165, 1.54) is 23.1 Å². The highest BCUT2D eigenvalue weighted by Gasteiger charge is 2.28. The zero-order valence-electron chi connectivity index (χ0n) is 13.0. The SMILES string of the molecule is CCN(CC)C(=O)[C@@H](C#N)C(=O)/C=C(/C)c1ccc(F)cc1. The van der Waals surface area contributed by atoms with Crippen molar-refractivity contribution in [2.75, 3.05) is 13.1 Å². The number of benzene rings is 1. The largest absolute Gasteiger partial charge is 0.342 e. The molecule has 0 aliphatic heterocycles. The van der Waals surface area contributed by atoms with Crippen molar-refractivity contribution in [1.82, 2.24) is 4.90 Å². The van der Waals surface area contributed by atoms with Crippen molar-refractivity contribution < 1.29 is 14.0 Å². The van der Waals surface area contributed by atoms with E-state index in [2.05, 4.69) is 0 Å². The summed E-state index contributed by atoms with van der Waals surface area (Å²) in [5, 5.41) is 9.13. The van der Waals surface area contributed by atoms with Crippen LogP contribution in [-0.4, -0.2) is 29.7 Å². The predicted molar refractivity (Wildman–Crippen MR) is 82.1 cm³/mol. The standard InChI is InChI=1S/C17H19FN2O2/c1-4-20(5-2)17(22)15(11-19)16(21)10-12(3)13-6-8-14(18)9-7-13/h6-10,15H,4-5H2,1-3H3/b12-10-/t15-/m0/s1. The quantitative estimate of drug-likeness (QED) is 0.599. The van der Waals surface area contributed by atoms with Gasteiger partial charge in [-0.2, -0.15) is 5.26 Å². The molecule has 0 bridgehead atoms. The summed E-state index contributed by atoms with van der Waals surface area (Å²) in [5.74, 6) is -2.74. The molecule has 0 radical (unpaired) electrons. The van der Waals surface area contributed by atoms with Gasteiger partial charge in [0.1, 0.15) is 5.82 Å². The molecule has 0 saturated carbocycles. The first kappa shape index (κ1) is 17.6. The third-order valence-electron chi connectivity index (χ3n) is 3.39. The summed E-state index contributed by atoms with van der Waals surface area (Å²) in [6.07, 6.45) is 1.27. The molecular formula is C17H19FN2O2. The molecule has 4 nitrogen and oxygen atoms in total. The molecule has 0 unspecified atom stereocenters. The molecule has 0 fully saturated rings. The Morgan fingerprint density at radius 1 is 1.27 bits per heavy atom. The maximum absolute atomic E-state index is 12.9. The van der Waals surface area contributed by atoms with Gasteiger partial charge >= 0.3 is 0 Å². The van der Waals surface area contributed by atoms with Crippen LogP contribution in [-0.2, 0) is 9.59 Å². The molecule has 1 aromatic rings. The molecule has 1 aromatic carbocycles. The lowest BCUT2D eigenvalue weighted by molar-refractivity contribution is -0.137. The van der Waals surface area contributed by atoms with Crippen molar-refractivity contribution >= 4 is 17.3 Å². The molecule has 22 heavy (non-hydrogen) atoms. The van der Waals surface area contributed by atoms with Gasteiger partial charge in [-0.1, -0.05) is 12.1 Å². The molecule has 0 aliphatic rings. The second-order valence-electron chi connectivity index (χ2n) is 4.81. The van der Waals surface area contributed by atoms with Gasteiger partial charge in [0, 0.05) is 13.1 Å². The minimum Gasteiger partial charge on any atom is -0.342 e. The zero-order valence-corrected chi connectivity index (χ0v) is 13.0. The Balaban J connectivity index is 2.97. The number of nitrogens with zero attached hydrogens (tertiary/aromatic N) is 2. The van der Waals surface area contributed by atoms with Gasteiger partial charge in [0.25, 0.3) is 0 Å². The van der Waals surface area contributed by atoms with E-state index in [0.29, 0.717) is 24.2 Å². The van der Waals surface area contributed by atoms with Crippen LogP contribution in [0.3, 0.4) is 0 Å². The van der Waals surface area contributed by atoms with E-state index in [-0.39, 0.29) is 5.82 Å². The van der Waals surface area contributed by atoms with Gasteiger partial charge in [-0.3, -0.25) is 9.59 Å². The van der Waals surface area contributed by atoms with Crippen LogP contribution >= 0.6 is 0 Å². The maximum Gasteiger partial charge on any atom is 0.247 e. The average molecular weight is 302 g/mol. The van der Waals surface area contributed by atoms with Crippen LogP contribution in [0.25, 0.3) is 5.57 Å². The number of carbonyl (C=O) groups is 2. The van der Waals surface area contributed by atoms with Gasteiger partial charge in [-0.05, 0) is 50.1 Å². The number of allylic oxidation sites excluding steroid dienone is 2. The third kappa shape index (κ3) is 4.26. The smallest absolute Gasteiger partial charge is 0.247 e. The molecule has 1 amide bonds. The molecule has 116 valence electrons. The van der Waals surface area contributed by atoms with E-state index in [9.17, 15) is 14.0 Å². The fourth-order valence-corrected chi connectivity index (χ4v) is 2.05. The van der Waals surface area contributed by atoms with Crippen LogP contribution in [0.5, 0.6) is 0 Å². The van der Waals surface area contributed by atoms with Crippen LogP contribution in [0.4, 0.5) is 4.39 Å². The minimum atomic E-state index is -1.34. The van der Waals surface area contributed by atoms with E-state index in [1.54, 1.807) is 39.0 Å². The molecule has 0 saturated heterocycles. The predicted octanol–water partition coefficient (Wildman–Crippen LogP) is 2.81. The van der Waals surface area contributed by atoms with E-state index < -0.39 is 17.6 Å². The van der Waals surface area contributed by atoms with Crippen LogP contribution in [0.1, 0.15) is 26.3 Å². The number of halogens is 1. The fourth-order valence-electron chi connectivity index (χ4n) is 2.05. The van der Waals surface area contributed by atoms with Crippen LogP contribution in [0.2, 0.25) is 0 Å². The summed E-state index contributed by atoms with van der Waals surface area (Å²) in [6, 6.07) is 7.44. The minimum absolute atomic E-state index is 0.366. The Labute approximate surface area is 129 Å². The Kier molecular flexibility index (Phi) is 6.46. The number of rotatable bonds is 6. The maximum atomic E-state index is 12.9. The molecule has 5 heteroatoms. The molecular weight excluding hydrogens is 283 g/mol. The summed E-state index contributed by atoms with van der Waals surface area (Å²) in [7, 11) is 0. The molecule has 0 aliphatic carbocycles. The van der Waals surface area contributed by atoms with Crippen LogP contribution in [0.15, 0.2) is 30.3 Å². The van der Waals surface area contributed by atoms with Crippen molar-refractivity contribution in [3.63, 3.8) is 0 Å². The highest BCUT2D eigenvalue weighted by Crippen LogP contribution is 2.16. The summed E-state index contributed by atoms with van der Waals surface area (Å²) in [5.41, 5.74) is 1.25. The first-order chi connectivity index (χ1) is 10.4. The van der Waals surface area contributed by atoms with Crippen molar-refractivity contribution in [3.8, 4) is 6.07 Å². The van der Waals surface area contributed by atoms with Crippen molar-refractivity contribution in [2.45, 2.75) is 20.8 Å². The van der Waals surface area contributed by atoms with Crippen LogP contribution in [0, 0.1) is 23.1 Å². The monoisotopic (exact) mass is 302 g/mol.